The van der Waals surface area contributed by atoms with Crippen molar-refractivity contribution >= 4 is 11.8 Å². The van der Waals surface area contributed by atoms with Crippen LogP contribution in [0.25, 0.3) is 0 Å². The lowest BCUT2D eigenvalue weighted by Crippen LogP contribution is -2.42. The van der Waals surface area contributed by atoms with Crippen molar-refractivity contribution in [1.29, 1.82) is 0 Å². The zero-order chi connectivity index (χ0) is 13.2. The van der Waals surface area contributed by atoms with Gasteiger partial charge in [-0.05, 0) is 20.3 Å². The van der Waals surface area contributed by atoms with Gasteiger partial charge in [0.25, 0.3) is 0 Å². The molecule has 2 heterocycles. The smallest absolute Gasteiger partial charge is 0.343 e. The Hall–Kier alpha value is -1.69. The maximum absolute atomic E-state index is 11.6. The molecule has 1 saturated heterocycles. The molecule has 0 aliphatic carbocycles. The number of hydrogen-bond acceptors (Lipinski definition) is 6. The highest BCUT2D eigenvalue weighted by Crippen LogP contribution is 2.29. The third kappa shape index (κ3) is 2.28. The van der Waals surface area contributed by atoms with Gasteiger partial charge in [-0.1, -0.05) is 0 Å². The number of nitrogens with zero attached hydrogens (tertiary/aromatic N) is 2. The molecule has 0 bridgehead atoms. The Bertz CT molecular complexity index is 452. The van der Waals surface area contributed by atoms with E-state index in [1.54, 1.807) is 0 Å². The van der Waals surface area contributed by atoms with Gasteiger partial charge in [-0.3, -0.25) is 0 Å². The van der Waals surface area contributed by atoms with Gasteiger partial charge in [0, 0.05) is 12.8 Å². The van der Waals surface area contributed by atoms with Crippen LogP contribution in [-0.4, -0.2) is 41.3 Å². The summed E-state index contributed by atoms with van der Waals surface area (Å²) >= 11 is 0. The Kier molecular flexibility index (Phi) is 3.47. The van der Waals surface area contributed by atoms with Gasteiger partial charge in [0.05, 0.1) is 18.8 Å². The summed E-state index contributed by atoms with van der Waals surface area (Å²) in [6, 6.07) is 0. The highest BCUT2D eigenvalue weighted by molar-refractivity contribution is 5.94. The molecule has 18 heavy (non-hydrogen) atoms. The summed E-state index contributed by atoms with van der Waals surface area (Å²) in [7, 11) is 1.34. The fourth-order valence-corrected chi connectivity index (χ4v) is 1.96. The van der Waals surface area contributed by atoms with Crippen LogP contribution in [-0.2, 0) is 9.47 Å². The van der Waals surface area contributed by atoms with Gasteiger partial charge in [0.2, 0.25) is 0 Å². The largest absolute Gasteiger partial charge is 0.465 e. The van der Waals surface area contributed by atoms with Gasteiger partial charge in [-0.25, -0.2) is 14.8 Å². The number of ether oxygens (including phenoxy) is 2. The van der Waals surface area contributed by atoms with E-state index in [9.17, 15) is 4.79 Å². The minimum absolute atomic E-state index is 0.0537. The summed E-state index contributed by atoms with van der Waals surface area (Å²) in [5, 5.41) is 3.27. The third-order valence-corrected chi connectivity index (χ3v) is 3.41. The fraction of sp³-hybridized carbons (Fsp3) is 0.583. The molecule has 0 spiro atoms. The first-order valence-corrected chi connectivity index (χ1v) is 5.85. The number of carbonyl (C=O) groups is 1. The van der Waals surface area contributed by atoms with E-state index in [4.69, 9.17) is 9.47 Å². The van der Waals surface area contributed by atoms with Crippen LogP contribution in [0.3, 0.4) is 0 Å². The molecule has 1 aliphatic heterocycles. The van der Waals surface area contributed by atoms with Crippen LogP contribution in [0.15, 0.2) is 12.5 Å². The van der Waals surface area contributed by atoms with Crippen molar-refractivity contribution in [2.45, 2.75) is 31.9 Å². The van der Waals surface area contributed by atoms with Gasteiger partial charge < -0.3 is 14.8 Å². The molecule has 0 amide bonds. The second-order valence-corrected chi connectivity index (χ2v) is 4.58. The maximum Gasteiger partial charge on any atom is 0.343 e. The Morgan fingerprint density at radius 2 is 2.44 bits per heavy atom. The van der Waals surface area contributed by atoms with Gasteiger partial charge in [0.15, 0.2) is 0 Å². The predicted octanol–water partition coefficient (Wildman–Crippen LogP) is 1.24. The van der Waals surface area contributed by atoms with Gasteiger partial charge in [-0.15, -0.1) is 0 Å². The molecule has 98 valence electrons. The molecule has 2 unspecified atom stereocenters. The lowest BCUT2D eigenvalue weighted by Gasteiger charge is -2.29. The SMILES string of the molecule is COC(=O)c1cncnc1NC1(C)CCOC1C. The molecule has 1 N–H and O–H groups in total. The monoisotopic (exact) mass is 251 g/mol. The zero-order valence-corrected chi connectivity index (χ0v) is 10.8. The number of hydrogen-bond donors (Lipinski definition) is 1. The normalized spacial score (nSPS) is 26.9. The lowest BCUT2D eigenvalue weighted by molar-refractivity contribution is 0.0600. The van der Waals surface area contributed by atoms with Crippen molar-refractivity contribution in [1.82, 2.24) is 9.97 Å². The minimum Gasteiger partial charge on any atom is -0.465 e. The molecule has 1 aromatic rings. The van der Waals surface area contributed by atoms with Crippen molar-refractivity contribution in [2.24, 2.45) is 0 Å². The topological polar surface area (TPSA) is 73.3 Å². The summed E-state index contributed by atoms with van der Waals surface area (Å²) < 4.78 is 10.3. The van der Waals surface area contributed by atoms with E-state index in [1.807, 2.05) is 13.8 Å². The second-order valence-electron chi connectivity index (χ2n) is 4.58. The van der Waals surface area contributed by atoms with Crippen LogP contribution in [0.4, 0.5) is 5.82 Å². The number of nitrogens with one attached hydrogen (secondary N) is 1. The van der Waals surface area contributed by atoms with Gasteiger partial charge >= 0.3 is 5.97 Å². The molecule has 0 aromatic carbocycles. The van der Waals surface area contributed by atoms with Crippen molar-refractivity contribution in [2.75, 3.05) is 19.0 Å². The van der Waals surface area contributed by atoms with E-state index in [0.717, 1.165) is 6.42 Å². The molecule has 0 saturated carbocycles. The Morgan fingerprint density at radius 1 is 1.67 bits per heavy atom. The van der Waals surface area contributed by atoms with E-state index < -0.39 is 5.97 Å². The fourth-order valence-electron chi connectivity index (χ4n) is 1.96. The van der Waals surface area contributed by atoms with E-state index in [0.29, 0.717) is 18.0 Å². The average molecular weight is 251 g/mol. The molecule has 1 fully saturated rings. The van der Waals surface area contributed by atoms with E-state index >= 15 is 0 Å². The van der Waals surface area contributed by atoms with E-state index in [1.165, 1.54) is 19.6 Å². The summed E-state index contributed by atoms with van der Waals surface area (Å²) in [5.41, 5.74) is 0.0947. The number of rotatable bonds is 3. The summed E-state index contributed by atoms with van der Waals surface area (Å²) in [5.74, 6) is 0.0324. The first-order chi connectivity index (χ1) is 8.57. The Labute approximate surface area is 106 Å². The molecule has 2 rings (SSSR count). The average Bonchev–Trinajstić information content (AvgIpc) is 2.69. The number of anilines is 1. The molecule has 2 atom stereocenters. The molecule has 1 aliphatic rings. The predicted molar refractivity (Wildman–Crippen MR) is 65.4 cm³/mol. The molecule has 6 nitrogen and oxygen atoms in total. The summed E-state index contributed by atoms with van der Waals surface area (Å²) in [6.07, 6.45) is 3.76. The van der Waals surface area contributed by atoms with Crippen LogP contribution in [0.1, 0.15) is 30.6 Å². The van der Waals surface area contributed by atoms with Gasteiger partial charge in [-0.2, -0.15) is 0 Å². The molecule has 6 heteroatoms. The molecule has 0 radical (unpaired) electrons. The van der Waals surface area contributed by atoms with Crippen LogP contribution >= 0.6 is 0 Å². The van der Waals surface area contributed by atoms with Crippen LogP contribution in [0.2, 0.25) is 0 Å². The van der Waals surface area contributed by atoms with Crippen molar-refractivity contribution in [3.05, 3.63) is 18.1 Å². The zero-order valence-electron chi connectivity index (χ0n) is 10.8. The minimum atomic E-state index is -0.451. The van der Waals surface area contributed by atoms with E-state index in [2.05, 4.69) is 15.3 Å². The van der Waals surface area contributed by atoms with Gasteiger partial charge in [0.1, 0.15) is 17.7 Å². The quantitative estimate of drug-likeness (QED) is 0.815. The summed E-state index contributed by atoms with van der Waals surface area (Å²) in [6.45, 7) is 4.75. The summed E-state index contributed by atoms with van der Waals surface area (Å²) in [4.78, 5) is 19.6. The van der Waals surface area contributed by atoms with Crippen LogP contribution in [0, 0.1) is 0 Å². The van der Waals surface area contributed by atoms with Crippen molar-refractivity contribution in [3.63, 3.8) is 0 Å². The maximum atomic E-state index is 11.6. The number of aromatic nitrogens is 2. The third-order valence-electron chi connectivity index (χ3n) is 3.41. The standard InChI is InChI=1S/C12H17N3O3/c1-8-12(2,4-5-18-8)15-10-9(11(16)17-3)6-13-7-14-10/h6-8H,4-5H2,1-3H3,(H,13,14,15). The Balaban J connectivity index is 2.26. The molecular formula is C12H17N3O3. The lowest BCUT2D eigenvalue weighted by atomic mass is 9.94. The number of carbonyl (C=O) groups excluding carboxylic acids is 1. The molecular weight excluding hydrogens is 234 g/mol. The van der Waals surface area contributed by atoms with E-state index in [-0.39, 0.29) is 11.6 Å². The first-order valence-electron chi connectivity index (χ1n) is 5.85. The first kappa shape index (κ1) is 12.8. The number of esters is 1. The second kappa shape index (κ2) is 4.89. The highest BCUT2D eigenvalue weighted by Gasteiger charge is 2.38. The highest BCUT2D eigenvalue weighted by atomic mass is 16.5. The van der Waals surface area contributed by atoms with Crippen molar-refractivity contribution in [3.8, 4) is 0 Å². The Morgan fingerprint density at radius 3 is 3.06 bits per heavy atom. The molecule has 1 aromatic heterocycles. The van der Waals surface area contributed by atoms with Crippen molar-refractivity contribution < 1.29 is 14.3 Å². The van der Waals surface area contributed by atoms with Crippen LogP contribution in [0.5, 0.6) is 0 Å². The van der Waals surface area contributed by atoms with Crippen LogP contribution < -0.4 is 5.32 Å². The number of methoxy groups -OCH3 is 1.